The fourth-order valence-electron chi connectivity index (χ4n) is 1.83. The summed E-state index contributed by atoms with van der Waals surface area (Å²) in [5.74, 6) is 7.41. The quantitative estimate of drug-likeness (QED) is 0.338. The average molecular weight is 507 g/mol. The molecule has 128 valence electrons. The second-order valence-corrected chi connectivity index (χ2v) is 4.93. The first-order valence-electron chi connectivity index (χ1n) is 6.74. The van der Waals surface area contributed by atoms with Gasteiger partial charge in [-0.25, -0.2) is 0 Å². The summed E-state index contributed by atoms with van der Waals surface area (Å²) in [6.45, 7) is 11.0. The fourth-order valence-corrected chi connectivity index (χ4v) is 1.83. The molecule has 0 aromatic heterocycles. The van der Waals surface area contributed by atoms with E-state index < -0.39 is 7.25 Å². The molecule has 0 bridgehead atoms. The fraction of sp³-hybridized carbons (Fsp3) is 0.312. The van der Waals surface area contributed by atoms with Crippen molar-refractivity contribution in [2.24, 2.45) is 0 Å². The smallest absolute Gasteiger partial charge is 0.418 e. The number of ketones is 1. The first kappa shape index (κ1) is 25.3. The van der Waals surface area contributed by atoms with Crippen molar-refractivity contribution in [1.29, 1.82) is 0 Å². The van der Waals surface area contributed by atoms with Crippen molar-refractivity contribution in [3.8, 4) is 0 Å². The summed E-state index contributed by atoms with van der Waals surface area (Å²) in [7, 11) is -6.00. The number of carbonyl (C=O) groups is 1. The maximum atomic E-state index is 10.3. The number of hydrogen-bond donors (Lipinski definition) is 0. The Kier molecular flexibility index (Phi) is 12.8. The third kappa shape index (κ3) is 11.3. The minimum Gasteiger partial charge on any atom is -0.418 e. The van der Waals surface area contributed by atoms with Crippen LogP contribution in [0.2, 0.25) is 0 Å². The zero-order chi connectivity index (χ0) is 17.5. The van der Waals surface area contributed by atoms with Crippen LogP contribution >= 0.6 is 0 Å². The molecule has 1 nitrogen and oxygen atoms in total. The molecule has 0 spiro atoms. The predicted molar refractivity (Wildman–Crippen MR) is 81.3 cm³/mol. The first-order valence-corrected chi connectivity index (χ1v) is 6.74. The van der Waals surface area contributed by atoms with E-state index in [0.29, 0.717) is 0 Å². The van der Waals surface area contributed by atoms with Gasteiger partial charge < -0.3 is 17.3 Å². The molecule has 0 unspecified atom stereocenters. The van der Waals surface area contributed by atoms with E-state index in [4.69, 9.17) is 0 Å². The van der Waals surface area contributed by atoms with Gasteiger partial charge in [-0.3, -0.25) is 4.79 Å². The van der Waals surface area contributed by atoms with Crippen LogP contribution in [0, 0.1) is 61.7 Å². The number of halogens is 4. The van der Waals surface area contributed by atoms with Crippen LogP contribution in [0.3, 0.4) is 0 Å². The van der Waals surface area contributed by atoms with Crippen molar-refractivity contribution in [1.82, 2.24) is 0 Å². The molecule has 0 N–H and O–H groups in total. The Balaban J connectivity index is 0. The summed E-state index contributed by atoms with van der Waals surface area (Å²) in [5.41, 5.74) is 0. The van der Waals surface area contributed by atoms with Gasteiger partial charge in [0.1, 0.15) is 5.78 Å². The Morgan fingerprint density at radius 3 is 1.00 bits per heavy atom. The van der Waals surface area contributed by atoms with E-state index in [2.05, 4.69) is 34.6 Å². The SMILES string of the molecule is C[C]1[C](C)[C](C)[C](C)[C]1C.F[B-](F)(F)F.O=C1[CH][CH][CH][CH][CH]1.[Ir+3]. The van der Waals surface area contributed by atoms with Crippen LogP contribution in [0.5, 0.6) is 0 Å². The van der Waals surface area contributed by atoms with E-state index in [0.717, 1.165) is 0 Å². The normalized spacial score (nSPS) is 21.9. The van der Waals surface area contributed by atoms with Gasteiger partial charge in [-0.1, -0.05) is 34.6 Å². The van der Waals surface area contributed by atoms with Crippen LogP contribution in [0.25, 0.3) is 0 Å². The molecule has 0 saturated heterocycles. The number of rotatable bonds is 0. The monoisotopic (exact) mass is 508 g/mol. The minimum atomic E-state index is -6.00. The molecule has 0 amide bonds. The van der Waals surface area contributed by atoms with Crippen molar-refractivity contribution in [3.05, 3.63) is 61.7 Å². The Hall–Kier alpha value is 0.104. The summed E-state index contributed by atoms with van der Waals surface area (Å²) in [6, 6.07) is 0. The Labute approximate surface area is 151 Å². The third-order valence-electron chi connectivity index (χ3n) is 3.56. The predicted octanol–water partition coefficient (Wildman–Crippen LogP) is 4.86. The van der Waals surface area contributed by atoms with E-state index in [1.54, 1.807) is 12.8 Å². The molecule has 0 aliphatic heterocycles. The Bertz CT molecular complexity index is 280. The van der Waals surface area contributed by atoms with Crippen LogP contribution in [0.4, 0.5) is 17.3 Å². The van der Waals surface area contributed by atoms with Gasteiger partial charge in [0.25, 0.3) is 0 Å². The number of carbonyl (C=O) groups excluding carboxylic acids is 1. The molecular weight excluding hydrogens is 487 g/mol. The van der Waals surface area contributed by atoms with Crippen LogP contribution < -0.4 is 0 Å². The Morgan fingerprint density at radius 2 is 0.870 bits per heavy atom. The van der Waals surface area contributed by atoms with Gasteiger partial charge in [-0.15, -0.1) is 0 Å². The van der Waals surface area contributed by atoms with Gasteiger partial charge in [0.05, 0.1) is 0 Å². The number of hydrogen-bond acceptors (Lipinski definition) is 1. The van der Waals surface area contributed by atoms with Crippen molar-refractivity contribution in [2.45, 2.75) is 34.6 Å². The zero-order valence-electron chi connectivity index (χ0n) is 13.7. The number of Topliss-reactive ketones (excluding diaryl/α,β-unsaturated/α-hetero) is 1. The van der Waals surface area contributed by atoms with Crippen molar-refractivity contribution < 1.29 is 42.2 Å². The molecule has 0 heterocycles. The summed E-state index contributed by atoms with van der Waals surface area (Å²) in [5, 5.41) is 0. The molecule has 7 heteroatoms. The van der Waals surface area contributed by atoms with E-state index >= 15 is 0 Å². The molecular formula is C16H20BF4IrO+2. The van der Waals surface area contributed by atoms with Gasteiger partial charge >= 0.3 is 27.4 Å². The van der Waals surface area contributed by atoms with Crippen LogP contribution in [0.1, 0.15) is 34.6 Å². The molecule has 0 atom stereocenters. The molecule has 0 aromatic carbocycles. The van der Waals surface area contributed by atoms with Gasteiger partial charge in [0, 0.05) is 12.8 Å². The molecule has 2 aliphatic carbocycles. The molecule has 23 heavy (non-hydrogen) atoms. The van der Waals surface area contributed by atoms with Gasteiger partial charge in [0.2, 0.25) is 0 Å². The maximum Gasteiger partial charge on any atom is 3.00 e. The Morgan fingerprint density at radius 1 is 0.652 bits per heavy atom. The van der Waals surface area contributed by atoms with E-state index in [1.807, 2.05) is 6.42 Å². The second kappa shape index (κ2) is 11.6. The summed E-state index contributed by atoms with van der Waals surface area (Å²) in [4.78, 5) is 10.3. The van der Waals surface area contributed by atoms with Crippen molar-refractivity contribution >= 4 is 13.0 Å². The average Bonchev–Trinajstić information content (AvgIpc) is 2.57. The zero-order valence-corrected chi connectivity index (χ0v) is 16.1. The van der Waals surface area contributed by atoms with Gasteiger partial charge in [-0.2, -0.15) is 0 Å². The summed E-state index contributed by atoms with van der Waals surface area (Å²) in [6.07, 6.45) is 8.33. The molecule has 2 aliphatic rings. The maximum absolute atomic E-state index is 10.3. The molecule has 10 radical (unpaired) electrons. The van der Waals surface area contributed by atoms with Crippen LogP contribution in [0.15, 0.2) is 0 Å². The van der Waals surface area contributed by atoms with Crippen LogP contribution in [-0.2, 0) is 24.9 Å². The second-order valence-electron chi connectivity index (χ2n) is 4.93. The van der Waals surface area contributed by atoms with E-state index in [1.165, 1.54) is 42.4 Å². The molecule has 2 rings (SSSR count). The summed E-state index contributed by atoms with van der Waals surface area (Å²) >= 11 is 0. The van der Waals surface area contributed by atoms with E-state index in [-0.39, 0.29) is 25.9 Å². The van der Waals surface area contributed by atoms with Crippen molar-refractivity contribution in [3.63, 3.8) is 0 Å². The standard InChI is InChI=1S/C10H15.C6H5O.BF4.Ir/c1-6-7(2)9(4)10(5)8(6)3;7-6-4-2-1-3-5-6;2-1(3,4)5;/h1-5H3;1-5H;;/q;;-1;+3. The first-order chi connectivity index (χ1) is 9.95. The van der Waals surface area contributed by atoms with Gasteiger partial charge in [0.15, 0.2) is 0 Å². The minimum absolute atomic E-state index is 0. The van der Waals surface area contributed by atoms with Crippen molar-refractivity contribution in [2.75, 3.05) is 0 Å². The molecule has 2 fully saturated rings. The largest absolute Gasteiger partial charge is 3.00 e. The van der Waals surface area contributed by atoms with Gasteiger partial charge in [-0.05, 0) is 48.9 Å². The topological polar surface area (TPSA) is 17.1 Å². The van der Waals surface area contributed by atoms with E-state index in [9.17, 15) is 22.1 Å². The summed E-state index contributed by atoms with van der Waals surface area (Å²) < 4.78 is 39.0. The molecule has 2 saturated carbocycles. The molecule has 0 aromatic rings. The third-order valence-corrected chi connectivity index (χ3v) is 3.56. The van der Waals surface area contributed by atoms with Crippen LogP contribution in [-0.4, -0.2) is 13.0 Å².